The number of anilines is 1. The Bertz CT molecular complexity index is 1080. The molecule has 1 aliphatic heterocycles. The van der Waals surface area contributed by atoms with Crippen LogP contribution < -0.4 is 15.4 Å². The Morgan fingerprint density at radius 2 is 1.72 bits per heavy atom. The Morgan fingerprint density at radius 1 is 1.00 bits per heavy atom. The molecule has 3 aromatic rings. The molecule has 2 amide bonds. The molecule has 7 heteroatoms. The fourth-order valence-corrected chi connectivity index (χ4v) is 3.34. The maximum absolute atomic E-state index is 13.0. The Morgan fingerprint density at radius 3 is 2.41 bits per heavy atom. The van der Waals surface area contributed by atoms with Gasteiger partial charge in [-0.1, -0.05) is 18.2 Å². The number of rotatable bonds is 7. The molecule has 1 unspecified atom stereocenters. The van der Waals surface area contributed by atoms with E-state index in [2.05, 4.69) is 10.6 Å². The van der Waals surface area contributed by atoms with Gasteiger partial charge in [-0.25, -0.2) is 4.39 Å². The van der Waals surface area contributed by atoms with Crippen LogP contribution in [0.15, 0.2) is 72.8 Å². The van der Waals surface area contributed by atoms with Crippen molar-refractivity contribution in [2.75, 3.05) is 11.9 Å². The maximum Gasteiger partial charge on any atom is 0.253 e. The first kappa shape index (κ1) is 21.5. The van der Waals surface area contributed by atoms with Gasteiger partial charge in [0.1, 0.15) is 23.4 Å². The van der Waals surface area contributed by atoms with Crippen LogP contribution >= 0.6 is 0 Å². The van der Waals surface area contributed by atoms with E-state index < -0.39 is 6.10 Å². The van der Waals surface area contributed by atoms with E-state index in [0.29, 0.717) is 42.3 Å². The summed E-state index contributed by atoms with van der Waals surface area (Å²) in [5.74, 6) is 0.396. The molecule has 1 atom stereocenters. The minimum Gasteiger partial charge on any atom is -0.457 e. The van der Waals surface area contributed by atoms with Gasteiger partial charge >= 0.3 is 0 Å². The third-order valence-corrected chi connectivity index (χ3v) is 5.04. The average Bonchev–Trinajstić information content (AvgIpc) is 3.35. The van der Waals surface area contributed by atoms with Crippen molar-refractivity contribution in [1.82, 2.24) is 5.32 Å². The van der Waals surface area contributed by atoms with Gasteiger partial charge in [0.2, 0.25) is 0 Å². The molecular formula is C25H23FN2O4. The van der Waals surface area contributed by atoms with E-state index >= 15 is 0 Å². The summed E-state index contributed by atoms with van der Waals surface area (Å²) in [6.45, 7) is 0.933. The second-order valence-corrected chi connectivity index (χ2v) is 7.45. The maximum atomic E-state index is 13.0. The molecule has 1 heterocycles. The van der Waals surface area contributed by atoms with E-state index in [-0.39, 0.29) is 17.6 Å². The summed E-state index contributed by atoms with van der Waals surface area (Å²) >= 11 is 0. The lowest BCUT2D eigenvalue weighted by Gasteiger charge is -2.12. The lowest BCUT2D eigenvalue weighted by atomic mass is 10.1. The monoisotopic (exact) mass is 434 g/mol. The molecule has 0 bridgehead atoms. The summed E-state index contributed by atoms with van der Waals surface area (Å²) in [5, 5.41) is 5.67. The zero-order chi connectivity index (χ0) is 22.3. The van der Waals surface area contributed by atoms with Gasteiger partial charge < -0.3 is 20.1 Å². The normalized spacial score (nSPS) is 15.2. The Balaban J connectivity index is 1.30. The Hall–Kier alpha value is -3.71. The zero-order valence-electron chi connectivity index (χ0n) is 17.3. The number of ether oxygens (including phenoxy) is 2. The molecule has 2 N–H and O–H groups in total. The van der Waals surface area contributed by atoms with Gasteiger partial charge in [-0.15, -0.1) is 0 Å². The van der Waals surface area contributed by atoms with Gasteiger partial charge in [0.25, 0.3) is 11.8 Å². The van der Waals surface area contributed by atoms with Crippen molar-refractivity contribution in [2.45, 2.75) is 25.5 Å². The summed E-state index contributed by atoms with van der Waals surface area (Å²) in [6.07, 6.45) is 1.15. The fourth-order valence-electron chi connectivity index (χ4n) is 3.34. The second-order valence-electron chi connectivity index (χ2n) is 7.45. The summed E-state index contributed by atoms with van der Waals surface area (Å²) in [5.41, 5.74) is 1.90. The van der Waals surface area contributed by atoms with E-state index in [0.717, 1.165) is 12.0 Å². The van der Waals surface area contributed by atoms with Crippen LogP contribution in [0.3, 0.4) is 0 Å². The third kappa shape index (κ3) is 5.70. The number of amides is 2. The van der Waals surface area contributed by atoms with Gasteiger partial charge in [0, 0.05) is 24.4 Å². The lowest BCUT2D eigenvalue weighted by molar-refractivity contribution is -0.124. The molecule has 3 aromatic carbocycles. The minimum absolute atomic E-state index is 0.192. The largest absolute Gasteiger partial charge is 0.457 e. The standard InChI is InChI=1S/C25H23FN2O4/c26-19-8-12-22(13-9-19)32-21-10-6-17(7-11-21)16-27-24(29)18-3-1-4-20(15-18)28-25(30)23-5-2-14-31-23/h1,3-4,6-13,15,23H,2,5,14,16H2,(H,27,29)(H,28,30). The molecule has 1 saturated heterocycles. The van der Waals surface area contributed by atoms with E-state index in [9.17, 15) is 14.0 Å². The number of hydrogen-bond donors (Lipinski definition) is 2. The zero-order valence-corrected chi connectivity index (χ0v) is 17.3. The lowest BCUT2D eigenvalue weighted by Crippen LogP contribution is -2.27. The number of carbonyl (C=O) groups excluding carboxylic acids is 2. The van der Waals surface area contributed by atoms with Crippen LogP contribution in [0.4, 0.5) is 10.1 Å². The number of nitrogens with one attached hydrogen (secondary N) is 2. The molecule has 0 aromatic heterocycles. The van der Waals surface area contributed by atoms with Crippen molar-refractivity contribution in [3.8, 4) is 11.5 Å². The average molecular weight is 434 g/mol. The number of benzene rings is 3. The van der Waals surface area contributed by atoms with Crippen molar-refractivity contribution < 1.29 is 23.5 Å². The predicted octanol–water partition coefficient (Wildman–Crippen LogP) is 4.67. The van der Waals surface area contributed by atoms with Crippen molar-refractivity contribution in [2.24, 2.45) is 0 Å². The SMILES string of the molecule is O=C(NCc1ccc(Oc2ccc(F)cc2)cc1)c1cccc(NC(=O)C2CCCO2)c1. The van der Waals surface area contributed by atoms with Gasteiger partial charge in [-0.2, -0.15) is 0 Å². The molecule has 0 saturated carbocycles. The second kappa shape index (κ2) is 10.1. The van der Waals surface area contributed by atoms with Crippen LogP contribution in [0.1, 0.15) is 28.8 Å². The van der Waals surface area contributed by atoms with Gasteiger partial charge in [-0.3, -0.25) is 9.59 Å². The predicted molar refractivity (Wildman–Crippen MR) is 118 cm³/mol. The van der Waals surface area contributed by atoms with E-state index in [4.69, 9.17) is 9.47 Å². The highest BCUT2D eigenvalue weighted by atomic mass is 19.1. The minimum atomic E-state index is -0.428. The van der Waals surface area contributed by atoms with Crippen molar-refractivity contribution >= 4 is 17.5 Å². The molecule has 4 rings (SSSR count). The topological polar surface area (TPSA) is 76.7 Å². The molecule has 164 valence electrons. The highest BCUT2D eigenvalue weighted by molar-refractivity contribution is 5.98. The van der Waals surface area contributed by atoms with Crippen LogP contribution in [0.2, 0.25) is 0 Å². The molecule has 1 aliphatic rings. The van der Waals surface area contributed by atoms with Crippen LogP contribution in [0, 0.1) is 5.82 Å². The molecule has 1 fully saturated rings. The van der Waals surface area contributed by atoms with Gasteiger partial charge in [0.05, 0.1) is 0 Å². The van der Waals surface area contributed by atoms with E-state index in [1.165, 1.54) is 12.1 Å². The third-order valence-electron chi connectivity index (χ3n) is 5.04. The van der Waals surface area contributed by atoms with Crippen molar-refractivity contribution in [3.05, 3.63) is 89.7 Å². The van der Waals surface area contributed by atoms with Gasteiger partial charge in [0.15, 0.2) is 0 Å². The fraction of sp³-hybridized carbons (Fsp3) is 0.200. The summed E-state index contributed by atoms with van der Waals surface area (Å²) in [4.78, 5) is 24.7. The van der Waals surface area contributed by atoms with E-state index in [1.54, 1.807) is 48.5 Å². The molecule has 0 radical (unpaired) electrons. The molecular weight excluding hydrogens is 411 g/mol. The Labute approximate surface area is 185 Å². The first-order valence-electron chi connectivity index (χ1n) is 10.4. The molecule has 0 spiro atoms. The number of carbonyl (C=O) groups is 2. The van der Waals surface area contributed by atoms with Crippen LogP contribution in [-0.4, -0.2) is 24.5 Å². The Kier molecular flexibility index (Phi) is 6.77. The van der Waals surface area contributed by atoms with Crippen molar-refractivity contribution in [1.29, 1.82) is 0 Å². The molecule has 6 nitrogen and oxygen atoms in total. The number of hydrogen-bond acceptors (Lipinski definition) is 4. The van der Waals surface area contributed by atoms with Gasteiger partial charge in [-0.05, 0) is 73.0 Å². The highest BCUT2D eigenvalue weighted by Crippen LogP contribution is 2.22. The van der Waals surface area contributed by atoms with Crippen LogP contribution in [-0.2, 0) is 16.1 Å². The first-order valence-corrected chi connectivity index (χ1v) is 10.4. The smallest absolute Gasteiger partial charge is 0.253 e. The first-order chi connectivity index (χ1) is 15.6. The van der Waals surface area contributed by atoms with E-state index in [1.807, 2.05) is 12.1 Å². The summed E-state index contributed by atoms with van der Waals surface area (Å²) in [6, 6.07) is 19.8. The van der Waals surface area contributed by atoms with Crippen LogP contribution in [0.5, 0.6) is 11.5 Å². The number of halogens is 1. The van der Waals surface area contributed by atoms with Crippen molar-refractivity contribution in [3.63, 3.8) is 0 Å². The van der Waals surface area contributed by atoms with Crippen LogP contribution in [0.25, 0.3) is 0 Å². The summed E-state index contributed by atoms with van der Waals surface area (Å²) < 4.78 is 24.0. The summed E-state index contributed by atoms with van der Waals surface area (Å²) in [7, 11) is 0. The molecule has 32 heavy (non-hydrogen) atoms. The highest BCUT2D eigenvalue weighted by Gasteiger charge is 2.23. The molecule has 0 aliphatic carbocycles. The quantitative estimate of drug-likeness (QED) is 0.567.